The summed E-state index contributed by atoms with van der Waals surface area (Å²) >= 11 is 0. The van der Waals surface area contributed by atoms with E-state index in [1.165, 1.54) is 0 Å². The van der Waals surface area contributed by atoms with E-state index in [2.05, 4.69) is 10.6 Å². The summed E-state index contributed by atoms with van der Waals surface area (Å²) in [5.41, 5.74) is 0.891. The van der Waals surface area contributed by atoms with E-state index in [9.17, 15) is 14.4 Å². The fourth-order valence-electron chi connectivity index (χ4n) is 4.69. The standard InChI is InChI=1S/C26H29N3O8/c1-33-11-8-27-25(31)23(28-24(30)17-2-4-19-21(12-17)36-14-34-19)16-6-9-29(10-7-16)26(32)18-3-5-20-22(13-18)37-15-35-20/h2-5,12-13,16,23H,6-11,14-15H2,1H3,(H,27,31)(H,28,30)/t23-/m1/s1. The van der Waals surface area contributed by atoms with Crippen LogP contribution in [-0.2, 0) is 9.53 Å². The van der Waals surface area contributed by atoms with Crippen LogP contribution in [0.2, 0.25) is 0 Å². The number of hydrogen-bond acceptors (Lipinski definition) is 8. The lowest BCUT2D eigenvalue weighted by Crippen LogP contribution is -2.54. The Morgan fingerprint density at radius 2 is 1.51 bits per heavy atom. The quantitative estimate of drug-likeness (QED) is 0.512. The number of nitrogens with zero attached hydrogens (tertiary/aromatic N) is 1. The average Bonchev–Trinajstić information content (AvgIpc) is 3.60. The van der Waals surface area contributed by atoms with Crippen LogP contribution in [0.25, 0.3) is 0 Å². The van der Waals surface area contributed by atoms with Gasteiger partial charge in [0.15, 0.2) is 23.0 Å². The number of fused-ring (bicyclic) bond motifs is 2. The third-order valence-electron chi connectivity index (χ3n) is 6.73. The molecule has 0 radical (unpaired) electrons. The summed E-state index contributed by atoms with van der Waals surface area (Å²) in [6.45, 7) is 1.85. The molecule has 0 aliphatic carbocycles. The Kier molecular flexibility index (Phi) is 7.31. The van der Waals surface area contributed by atoms with Crippen molar-refractivity contribution in [2.75, 3.05) is 46.9 Å². The van der Waals surface area contributed by atoms with Crippen molar-refractivity contribution in [3.05, 3.63) is 47.5 Å². The normalized spacial score (nSPS) is 16.8. The van der Waals surface area contributed by atoms with Crippen LogP contribution in [0.5, 0.6) is 23.0 Å². The molecule has 1 saturated heterocycles. The molecule has 1 atom stereocenters. The maximum atomic E-state index is 13.1. The van der Waals surface area contributed by atoms with Crippen molar-refractivity contribution in [2.24, 2.45) is 5.92 Å². The van der Waals surface area contributed by atoms with Crippen LogP contribution in [0.4, 0.5) is 0 Å². The van der Waals surface area contributed by atoms with Crippen molar-refractivity contribution in [3.63, 3.8) is 0 Å². The number of nitrogens with one attached hydrogen (secondary N) is 2. The molecule has 2 aromatic carbocycles. The Labute approximate surface area is 213 Å². The number of benzene rings is 2. The van der Waals surface area contributed by atoms with Gasteiger partial charge in [-0.3, -0.25) is 14.4 Å². The van der Waals surface area contributed by atoms with E-state index in [1.54, 1.807) is 48.4 Å². The Morgan fingerprint density at radius 3 is 2.16 bits per heavy atom. The summed E-state index contributed by atoms with van der Waals surface area (Å²) in [5.74, 6) is 1.31. The molecule has 11 nitrogen and oxygen atoms in total. The van der Waals surface area contributed by atoms with Crippen molar-refractivity contribution in [3.8, 4) is 23.0 Å². The molecule has 5 rings (SSSR count). The number of carbonyl (C=O) groups excluding carboxylic acids is 3. The Bertz CT molecular complexity index is 1180. The van der Waals surface area contributed by atoms with Crippen LogP contribution >= 0.6 is 0 Å². The molecule has 2 N–H and O–H groups in total. The van der Waals surface area contributed by atoms with Gasteiger partial charge < -0.3 is 39.2 Å². The summed E-state index contributed by atoms with van der Waals surface area (Å²) in [7, 11) is 1.55. The van der Waals surface area contributed by atoms with Crippen LogP contribution in [0.3, 0.4) is 0 Å². The van der Waals surface area contributed by atoms with Gasteiger partial charge in [-0.05, 0) is 55.2 Å². The van der Waals surface area contributed by atoms with Crippen molar-refractivity contribution < 1.29 is 38.1 Å². The summed E-state index contributed by atoms with van der Waals surface area (Å²) < 4.78 is 26.4. The molecule has 11 heteroatoms. The zero-order valence-corrected chi connectivity index (χ0v) is 20.5. The zero-order valence-electron chi connectivity index (χ0n) is 20.5. The first-order chi connectivity index (χ1) is 18.0. The van der Waals surface area contributed by atoms with Gasteiger partial charge in [0.2, 0.25) is 19.5 Å². The largest absolute Gasteiger partial charge is 0.454 e. The fourth-order valence-corrected chi connectivity index (χ4v) is 4.69. The van der Waals surface area contributed by atoms with Crippen LogP contribution in [-0.4, -0.2) is 75.6 Å². The number of rotatable bonds is 8. The maximum absolute atomic E-state index is 13.1. The number of likely N-dealkylation sites (tertiary alicyclic amines) is 1. The van der Waals surface area contributed by atoms with E-state index in [0.717, 1.165) is 0 Å². The molecule has 3 amide bonds. The van der Waals surface area contributed by atoms with Crippen molar-refractivity contribution >= 4 is 17.7 Å². The molecular weight excluding hydrogens is 482 g/mol. The van der Waals surface area contributed by atoms with Gasteiger partial charge in [0.25, 0.3) is 11.8 Å². The molecule has 3 heterocycles. The molecule has 3 aliphatic rings. The predicted octanol–water partition coefficient (Wildman–Crippen LogP) is 1.56. The van der Waals surface area contributed by atoms with E-state index >= 15 is 0 Å². The molecule has 196 valence electrons. The van der Waals surface area contributed by atoms with Crippen LogP contribution in [0.1, 0.15) is 33.6 Å². The third kappa shape index (κ3) is 5.41. The highest BCUT2D eigenvalue weighted by Crippen LogP contribution is 2.34. The molecule has 0 saturated carbocycles. The minimum atomic E-state index is -0.766. The fraction of sp³-hybridized carbons (Fsp3) is 0.423. The number of methoxy groups -OCH3 is 1. The van der Waals surface area contributed by atoms with Gasteiger partial charge in [-0.25, -0.2) is 0 Å². The maximum Gasteiger partial charge on any atom is 0.253 e. The number of amides is 3. The second kappa shape index (κ2) is 11.0. The smallest absolute Gasteiger partial charge is 0.253 e. The molecule has 0 bridgehead atoms. The third-order valence-corrected chi connectivity index (χ3v) is 6.73. The highest BCUT2D eigenvalue weighted by atomic mass is 16.7. The highest BCUT2D eigenvalue weighted by molar-refractivity contribution is 5.98. The monoisotopic (exact) mass is 511 g/mol. The first-order valence-corrected chi connectivity index (χ1v) is 12.2. The average molecular weight is 512 g/mol. The number of piperidine rings is 1. The first kappa shape index (κ1) is 24.7. The Hall–Kier alpha value is -3.99. The van der Waals surface area contributed by atoms with E-state index in [1.807, 2.05) is 0 Å². The number of carbonyl (C=O) groups is 3. The zero-order chi connectivity index (χ0) is 25.8. The van der Waals surface area contributed by atoms with Crippen LogP contribution in [0, 0.1) is 5.92 Å². The Morgan fingerprint density at radius 1 is 0.919 bits per heavy atom. The van der Waals surface area contributed by atoms with Crippen molar-refractivity contribution in [1.82, 2.24) is 15.5 Å². The molecular formula is C26H29N3O8. The van der Waals surface area contributed by atoms with Gasteiger partial charge >= 0.3 is 0 Å². The van der Waals surface area contributed by atoms with E-state index < -0.39 is 6.04 Å². The predicted molar refractivity (Wildman–Crippen MR) is 130 cm³/mol. The number of ether oxygens (including phenoxy) is 5. The second-order valence-electron chi connectivity index (χ2n) is 9.00. The van der Waals surface area contributed by atoms with Crippen molar-refractivity contribution in [1.29, 1.82) is 0 Å². The van der Waals surface area contributed by atoms with E-state index in [-0.39, 0.29) is 37.2 Å². The lowest BCUT2D eigenvalue weighted by atomic mass is 9.88. The highest BCUT2D eigenvalue weighted by Gasteiger charge is 2.34. The van der Waals surface area contributed by atoms with E-state index in [4.69, 9.17) is 23.7 Å². The molecule has 37 heavy (non-hydrogen) atoms. The lowest BCUT2D eigenvalue weighted by molar-refractivity contribution is -0.124. The second-order valence-corrected chi connectivity index (χ2v) is 9.00. The lowest BCUT2D eigenvalue weighted by Gasteiger charge is -2.36. The van der Waals surface area contributed by atoms with E-state index in [0.29, 0.717) is 73.2 Å². The van der Waals surface area contributed by atoms with Gasteiger partial charge in [0.05, 0.1) is 6.61 Å². The van der Waals surface area contributed by atoms with Gasteiger partial charge in [-0.2, -0.15) is 0 Å². The molecule has 2 aromatic rings. The van der Waals surface area contributed by atoms with Crippen LogP contribution < -0.4 is 29.6 Å². The molecule has 1 fully saturated rings. The Balaban J connectivity index is 1.24. The van der Waals surface area contributed by atoms with Gasteiger partial charge in [-0.1, -0.05) is 0 Å². The summed E-state index contributed by atoms with van der Waals surface area (Å²) in [4.78, 5) is 41.0. The summed E-state index contributed by atoms with van der Waals surface area (Å²) in [5, 5.41) is 5.74. The van der Waals surface area contributed by atoms with Crippen LogP contribution in [0.15, 0.2) is 36.4 Å². The molecule has 3 aliphatic heterocycles. The number of hydrogen-bond donors (Lipinski definition) is 2. The SMILES string of the molecule is COCCNC(=O)[C@H](NC(=O)c1ccc2c(c1)OCO2)C1CCN(C(=O)c2ccc3c(c2)OCO3)CC1. The first-order valence-electron chi connectivity index (χ1n) is 12.2. The van der Waals surface area contributed by atoms with Gasteiger partial charge in [0, 0.05) is 37.9 Å². The molecule has 0 spiro atoms. The summed E-state index contributed by atoms with van der Waals surface area (Å²) in [6, 6.07) is 9.28. The molecule has 0 unspecified atom stereocenters. The topological polar surface area (TPSA) is 125 Å². The minimum absolute atomic E-state index is 0.106. The van der Waals surface area contributed by atoms with Gasteiger partial charge in [-0.15, -0.1) is 0 Å². The molecule has 0 aromatic heterocycles. The summed E-state index contributed by atoms with van der Waals surface area (Å²) in [6.07, 6.45) is 1.11. The van der Waals surface area contributed by atoms with Crippen molar-refractivity contribution in [2.45, 2.75) is 18.9 Å². The van der Waals surface area contributed by atoms with Gasteiger partial charge in [0.1, 0.15) is 6.04 Å². The minimum Gasteiger partial charge on any atom is -0.454 e.